The fraction of sp³-hybridized carbons (Fsp3) is 0.522. The number of thiophene rings is 1. The number of carbonyl (C=O) groups is 3. The number of amides is 2. The molecular weight excluding hydrogens is 430 g/mol. The van der Waals surface area contributed by atoms with Gasteiger partial charge in [0.2, 0.25) is 5.91 Å². The molecule has 1 fully saturated rings. The van der Waals surface area contributed by atoms with Crippen molar-refractivity contribution >= 4 is 34.1 Å². The maximum atomic E-state index is 12.8. The van der Waals surface area contributed by atoms with Crippen LogP contribution >= 0.6 is 11.3 Å². The summed E-state index contributed by atoms with van der Waals surface area (Å²) in [6, 6.07) is 3.36. The molecule has 172 valence electrons. The molecule has 2 amide bonds. The van der Waals surface area contributed by atoms with E-state index in [4.69, 9.17) is 9.15 Å². The molecule has 3 heterocycles. The predicted octanol–water partition coefficient (Wildman–Crippen LogP) is 3.18. The van der Waals surface area contributed by atoms with Crippen LogP contribution in [0, 0.1) is 0 Å². The number of nitrogens with one attached hydrogen (secondary N) is 1. The van der Waals surface area contributed by atoms with E-state index >= 15 is 0 Å². The number of carbonyl (C=O) groups excluding carboxylic acids is 3. The first kappa shape index (κ1) is 22.5. The van der Waals surface area contributed by atoms with E-state index in [9.17, 15) is 14.4 Å². The number of furan rings is 1. The molecule has 1 aliphatic carbocycles. The second-order valence-corrected chi connectivity index (χ2v) is 9.19. The molecule has 2 aromatic rings. The number of aryl methyl sites for hydroxylation is 1. The molecule has 0 radical (unpaired) electrons. The van der Waals surface area contributed by atoms with E-state index in [-0.39, 0.29) is 24.3 Å². The van der Waals surface area contributed by atoms with Crippen LogP contribution in [0.4, 0.5) is 5.00 Å². The summed E-state index contributed by atoms with van der Waals surface area (Å²) in [5.74, 6) is -0.302. The average molecular weight is 460 g/mol. The summed E-state index contributed by atoms with van der Waals surface area (Å²) in [6.45, 7) is 4.59. The molecule has 0 saturated carbocycles. The maximum absolute atomic E-state index is 12.8. The van der Waals surface area contributed by atoms with Crippen molar-refractivity contribution in [2.45, 2.75) is 39.0 Å². The molecule has 1 saturated heterocycles. The van der Waals surface area contributed by atoms with Gasteiger partial charge < -0.3 is 19.4 Å². The number of nitrogens with zero attached hydrogens (tertiary/aromatic N) is 2. The summed E-state index contributed by atoms with van der Waals surface area (Å²) in [4.78, 5) is 42.8. The molecule has 2 aliphatic rings. The summed E-state index contributed by atoms with van der Waals surface area (Å²) in [5, 5.41) is 3.58. The van der Waals surface area contributed by atoms with E-state index in [0.29, 0.717) is 49.1 Å². The van der Waals surface area contributed by atoms with Gasteiger partial charge >= 0.3 is 5.97 Å². The third-order valence-electron chi connectivity index (χ3n) is 5.91. The molecule has 4 rings (SSSR count). The largest absolute Gasteiger partial charge is 0.462 e. The molecule has 0 aromatic carbocycles. The highest BCUT2D eigenvalue weighted by atomic mass is 32.1. The van der Waals surface area contributed by atoms with Crippen molar-refractivity contribution < 1.29 is 23.5 Å². The number of fused-ring (bicyclic) bond motifs is 1. The SMILES string of the molecule is CCOC(=O)c1c(NC(=O)CN2CCN(C(=O)c3ccco3)CC2)sc2c1CCCCC2. The lowest BCUT2D eigenvalue weighted by Gasteiger charge is -2.33. The minimum atomic E-state index is -0.354. The van der Waals surface area contributed by atoms with Gasteiger partial charge in [0.05, 0.1) is 25.0 Å². The van der Waals surface area contributed by atoms with Gasteiger partial charge in [-0.25, -0.2) is 4.79 Å². The Morgan fingerprint density at radius 2 is 1.91 bits per heavy atom. The first-order chi connectivity index (χ1) is 15.6. The lowest BCUT2D eigenvalue weighted by atomic mass is 10.1. The molecule has 1 N–H and O–H groups in total. The van der Waals surface area contributed by atoms with Crippen LogP contribution in [0.1, 0.15) is 57.5 Å². The van der Waals surface area contributed by atoms with Crippen LogP contribution in [0.15, 0.2) is 22.8 Å². The van der Waals surface area contributed by atoms with Crippen LogP contribution in [0.5, 0.6) is 0 Å². The van der Waals surface area contributed by atoms with E-state index in [1.165, 1.54) is 22.5 Å². The van der Waals surface area contributed by atoms with Crippen molar-refractivity contribution in [3.05, 3.63) is 40.2 Å². The van der Waals surface area contributed by atoms with Gasteiger partial charge in [-0.15, -0.1) is 11.3 Å². The van der Waals surface area contributed by atoms with Crippen molar-refractivity contribution in [1.29, 1.82) is 0 Å². The fourth-order valence-electron chi connectivity index (χ4n) is 4.28. The fourth-order valence-corrected chi connectivity index (χ4v) is 5.58. The molecule has 32 heavy (non-hydrogen) atoms. The average Bonchev–Trinajstić information content (AvgIpc) is 3.37. The maximum Gasteiger partial charge on any atom is 0.341 e. The van der Waals surface area contributed by atoms with Gasteiger partial charge in [0.1, 0.15) is 5.00 Å². The Morgan fingerprint density at radius 3 is 2.62 bits per heavy atom. The van der Waals surface area contributed by atoms with Gasteiger partial charge in [-0.05, 0) is 50.3 Å². The van der Waals surface area contributed by atoms with Crippen LogP contribution in [0.25, 0.3) is 0 Å². The molecule has 0 bridgehead atoms. The molecule has 9 heteroatoms. The van der Waals surface area contributed by atoms with Crippen LogP contribution in [-0.2, 0) is 22.4 Å². The Hall–Kier alpha value is -2.65. The van der Waals surface area contributed by atoms with Crippen molar-refractivity contribution in [2.24, 2.45) is 0 Å². The molecule has 0 atom stereocenters. The van der Waals surface area contributed by atoms with E-state index in [2.05, 4.69) is 5.32 Å². The van der Waals surface area contributed by atoms with Crippen molar-refractivity contribution in [2.75, 3.05) is 44.6 Å². The topological polar surface area (TPSA) is 92.1 Å². The Bertz CT molecular complexity index is 961. The third kappa shape index (κ3) is 5.05. The van der Waals surface area contributed by atoms with Crippen molar-refractivity contribution in [1.82, 2.24) is 9.80 Å². The summed E-state index contributed by atoms with van der Waals surface area (Å²) >= 11 is 1.51. The molecule has 0 unspecified atom stereocenters. The van der Waals surface area contributed by atoms with Crippen LogP contribution < -0.4 is 5.32 Å². The number of esters is 1. The third-order valence-corrected chi connectivity index (χ3v) is 7.12. The normalized spacial score (nSPS) is 16.8. The first-order valence-electron chi connectivity index (χ1n) is 11.2. The molecular formula is C23H29N3O5S. The lowest BCUT2D eigenvalue weighted by Crippen LogP contribution is -2.50. The van der Waals surface area contributed by atoms with Gasteiger partial charge in [0.25, 0.3) is 5.91 Å². The first-order valence-corrected chi connectivity index (χ1v) is 12.0. The van der Waals surface area contributed by atoms with Crippen LogP contribution in [0.2, 0.25) is 0 Å². The zero-order chi connectivity index (χ0) is 22.5. The highest BCUT2D eigenvalue weighted by molar-refractivity contribution is 7.17. The quantitative estimate of drug-likeness (QED) is 0.527. The summed E-state index contributed by atoms with van der Waals surface area (Å²) in [5.41, 5.74) is 1.59. The Balaban J connectivity index is 1.37. The number of anilines is 1. The summed E-state index contributed by atoms with van der Waals surface area (Å²) in [6.07, 6.45) is 6.58. The standard InChI is InChI=1S/C23H29N3O5S/c1-2-30-23(29)20-16-7-4-3-5-9-18(16)32-21(20)24-19(27)15-25-10-12-26(13-11-25)22(28)17-8-6-14-31-17/h6,8,14H,2-5,7,9-13,15H2,1H3,(H,24,27). The molecule has 1 aliphatic heterocycles. The van der Waals surface area contributed by atoms with Crippen LogP contribution in [0.3, 0.4) is 0 Å². The Kier molecular flexibility index (Phi) is 7.26. The minimum absolute atomic E-state index is 0.127. The van der Waals surface area contributed by atoms with E-state index in [1.807, 2.05) is 4.90 Å². The van der Waals surface area contributed by atoms with E-state index in [1.54, 1.807) is 24.0 Å². The van der Waals surface area contributed by atoms with Gasteiger partial charge in [0, 0.05) is 31.1 Å². The minimum Gasteiger partial charge on any atom is -0.462 e. The number of hydrogen-bond donors (Lipinski definition) is 1. The van der Waals surface area contributed by atoms with Crippen molar-refractivity contribution in [3.8, 4) is 0 Å². The predicted molar refractivity (Wildman–Crippen MR) is 121 cm³/mol. The number of hydrogen-bond acceptors (Lipinski definition) is 7. The van der Waals surface area contributed by atoms with Crippen molar-refractivity contribution in [3.63, 3.8) is 0 Å². The van der Waals surface area contributed by atoms with Gasteiger partial charge in [-0.1, -0.05) is 6.42 Å². The second-order valence-electron chi connectivity index (χ2n) is 8.08. The van der Waals surface area contributed by atoms with Gasteiger partial charge in [-0.3, -0.25) is 14.5 Å². The zero-order valence-electron chi connectivity index (χ0n) is 18.4. The summed E-state index contributed by atoms with van der Waals surface area (Å²) in [7, 11) is 0. The summed E-state index contributed by atoms with van der Waals surface area (Å²) < 4.78 is 10.5. The van der Waals surface area contributed by atoms with E-state index in [0.717, 1.165) is 37.7 Å². The highest BCUT2D eigenvalue weighted by Crippen LogP contribution is 2.38. The Morgan fingerprint density at radius 1 is 1.12 bits per heavy atom. The number of ether oxygens (including phenoxy) is 1. The van der Waals surface area contributed by atoms with E-state index < -0.39 is 0 Å². The van der Waals surface area contributed by atoms with Crippen LogP contribution in [-0.4, -0.2) is 66.9 Å². The lowest BCUT2D eigenvalue weighted by molar-refractivity contribution is -0.117. The smallest absolute Gasteiger partial charge is 0.341 e. The molecule has 0 spiro atoms. The number of rotatable bonds is 6. The highest BCUT2D eigenvalue weighted by Gasteiger charge is 2.28. The monoisotopic (exact) mass is 459 g/mol. The molecule has 2 aromatic heterocycles. The second kappa shape index (κ2) is 10.3. The number of piperazine rings is 1. The van der Waals surface area contributed by atoms with Gasteiger partial charge in [-0.2, -0.15) is 0 Å². The van der Waals surface area contributed by atoms with Gasteiger partial charge in [0.15, 0.2) is 5.76 Å². The zero-order valence-corrected chi connectivity index (χ0v) is 19.2. The molecule has 8 nitrogen and oxygen atoms in total. The Labute approximate surface area is 191 Å².